The van der Waals surface area contributed by atoms with Crippen LogP contribution in [0.2, 0.25) is 0 Å². The van der Waals surface area contributed by atoms with Crippen LogP contribution in [0.1, 0.15) is 17.5 Å². The lowest BCUT2D eigenvalue weighted by Crippen LogP contribution is -2.53. The second kappa shape index (κ2) is 6.08. The number of carbonyl (C=O) groups excluding carboxylic acids is 2. The van der Waals surface area contributed by atoms with Crippen molar-refractivity contribution in [3.8, 4) is 0 Å². The average Bonchev–Trinajstić information content (AvgIpc) is 2.81. The van der Waals surface area contributed by atoms with Gasteiger partial charge in [0.2, 0.25) is 11.8 Å². The van der Waals surface area contributed by atoms with Crippen molar-refractivity contribution in [1.29, 1.82) is 0 Å². The van der Waals surface area contributed by atoms with Gasteiger partial charge in [-0.1, -0.05) is 29.8 Å². The molecule has 2 aliphatic heterocycles. The first-order valence-corrected chi connectivity index (χ1v) is 7.79. The Morgan fingerprint density at radius 2 is 1.91 bits per heavy atom. The molecule has 3 rings (SSSR count). The molecule has 0 bridgehead atoms. The van der Waals surface area contributed by atoms with Crippen LogP contribution in [0.15, 0.2) is 24.3 Å². The largest absolute Gasteiger partial charge is 0.396 e. The van der Waals surface area contributed by atoms with Crippen LogP contribution in [0.25, 0.3) is 0 Å². The van der Waals surface area contributed by atoms with Gasteiger partial charge in [-0.3, -0.25) is 9.59 Å². The summed E-state index contributed by atoms with van der Waals surface area (Å²) in [5.41, 5.74) is 2.29. The summed E-state index contributed by atoms with van der Waals surface area (Å²) < 4.78 is 0. The number of likely N-dealkylation sites (tertiary alicyclic amines) is 2. The van der Waals surface area contributed by atoms with Gasteiger partial charge in [0, 0.05) is 45.1 Å². The fourth-order valence-corrected chi connectivity index (χ4v) is 3.13. The first kappa shape index (κ1) is 15.0. The molecule has 2 saturated heterocycles. The standard InChI is InChI=1S/C17H22N2O3/c1-12-2-4-13(5-3-12)7-18-10-15(6-16(18)21)17(22)19-8-14(9-19)11-20/h2-5,14-15,20H,6-11H2,1H3. The molecule has 0 saturated carbocycles. The lowest BCUT2D eigenvalue weighted by atomic mass is 9.97. The summed E-state index contributed by atoms with van der Waals surface area (Å²) >= 11 is 0. The summed E-state index contributed by atoms with van der Waals surface area (Å²) in [5.74, 6) is 0.102. The molecular weight excluding hydrogens is 280 g/mol. The van der Waals surface area contributed by atoms with Gasteiger partial charge in [-0.15, -0.1) is 0 Å². The van der Waals surface area contributed by atoms with E-state index in [4.69, 9.17) is 5.11 Å². The molecule has 0 aliphatic carbocycles. The highest BCUT2D eigenvalue weighted by Gasteiger charge is 2.40. The quantitative estimate of drug-likeness (QED) is 0.895. The van der Waals surface area contributed by atoms with Crippen molar-refractivity contribution in [3.63, 3.8) is 0 Å². The van der Waals surface area contributed by atoms with Gasteiger partial charge in [0.05, 0.1) is 5.92 Å². The van der Waals surface area contributed by atoms with Crippen LogP contribution in [0, 0.1) is 18.8 Å². The summed E-state index contributed by atoms with van der Waals surface area (Å²) in [4.78, 5) is 28.0. The number of hydrogen-bond donors (Lipinski definition) is 1. The van der Waals surface area contributed by atoms with Crippen molar-refractivity contribution in [2.45, 2.75) is 19.9 Å². The Hall–Kier alpha value is -1.88. The Balaban J connectivity index is 1.56. The number of rotatable bonds is 4. The van der Waals surface area contributed by atoms with Crippen LogP contribution >= 0.6 is 0 Å². The third kappa shape index (κ3) is 2.99. The topological polar surface area (TPSA) is 60.9 Å². The normalized spacial score (nSPS) is 22.1. The van der Waals surface area contributed by atoms with E-state index in [1.807, 2.05) is 31.2 Å². The SMILES string of the molecule is Cc1ccc(CN2CC(C(=O)N3CC(CO)C3)CC2=O)cc1. The highest BCUT2D eigenvalue weighted by atomic mass is 16.3. The Kier molecular flexibility index (Phi) is 4.16. The van der Waals surface area contributed by atoms with E-state index in [9.17, 15) is 9.59 Å². The van der Waals surface area contributed by atoms with Gasteiger partial charge in [-0.05, 0) is 12.5 Å². The number of nitrogens with zero attached hydrogens (tertiary/aromatic N) is 2. The minimum Gasteiger partial charge on any atom is -0.396 e. The molecule has 2 fully saturated rings. The van der Waals surface area contributed by atoms with Gasteiger partial charge in [-0.25, -0.2) is 0 Å². The lowest BCUT2D eigenvalue weighted by Gasteiger charge is -2.39. The van der Waals surface area contributed by atoms with Gasteiger partial charge in [-0.2, -0.15) is 0 Å². The van der Waals surface area contributed by atoms with E-state index in [0.29, 0.717) is 32.6 Å². The predicted octanol–water partition coefficient (Wildman–Crippen LogP) is 0.794. The molecule has 0 radical (unpaired) electrons. The zero-order chi connectivity index (χ0) is 15.7. The van der Waals surface area contributed by atoms with Gasteiger partial charge in [0.1, 0.15) is 0 Å². The van der Waals surface area contributed by atoms with Crippen molar-refractivity contribution in [2.75, 3.05) is 26.2 Å². The van der Waals surface area contributed by atoms with E-state index in [0.717, 1.165) is 5.56 Å². The summed E-state index contributed by atoms with van der Waals surface area (Å²) in [6, 6.07) is 8.12. The Morgan fingerprint density at radius 1 is 1.23 bits per heavy atom. The first-order valence-electron chi connectivity index (χ1n) is 7.79. The van der Waals surface area contributed by atoms with Crippen molar-refractivity contribution < 1.29 is 14.7 Å². The second-order valence-corrected chi connectivity index (χ2v) is 6.45. The Bertz CT molecular complexity index is 564. The Labute approximate surface area is 130 Å². The monoisotopic (exact) mass is 302 g/mol. The number of aliphatic hydroxyl groups excluding tert-OH is 1. The number of aliphatic hydroxyl groups is 1. The Morgan fingerprint density at radius 3 is 2.55 bits per heavy atom. The summed E-state index contributed by atoms with van der Waals surface area (Å²) in [6.45, 7) is 4.49. The molecule has 22 heavy (non-hydrogen) atoms. The van der Waals surface area contributed by atoms with Crippen LogP contribution in [0.4, 0.5) is 0 Å². The molecule has 0 aromatic heterocycles. The van der Waals surface area contributed by atoms with Crippen molar-refractivity contribution in [1.82, 2.24) is 9.80 Å². The molecule has 1 aromatic carbocycles. The van der Waals surface area contributed by atoms with E-state index in [1.54, 1.807) is 9.80 Å². The van der Waals surface area contributed by atoms with Crippen molar-refractivity contribution in [3.05, 3.63) is 35.4 Å². The van der Waals surface area contributed by atoms with Gasteiger partial charge in [0.15, 0.2) is 0 Å². The van der Waals surface area contributed by atoms with Crippen molar-refractivity contribution in [2.24, 2.45) is 11.8 Å². The highest BCUT2D eigenvalue weighted by molar-refractivity contribution is 5.89. The maximum atomic E-state index is 12.3. The van der Waals surface area contributed by atoms with E-state index in [2.05, 4.69) is 0 Å². The minimum atomic E-state index is -0.224. The smallest absolute Gasteiger partial charge is 0.228 e. The average molecular weight is 302 g/mol. The van der Waals surface area contributed by atoms with Gasteiger partial charge in [0.25, 0.3) is 0 Å². The highest BCUT2D eigenvalue weighted by Crippen LogP contribution is 2.25. The molecule has 1 unspecified atom stereocenters. The second-order valence-electron chi connectivity index (χ2n) is 6.45. The number of aryl methyl sites for hydroxylation is 1. The molecule has 118 valence electrons. The van der Waals surface area contributed by atoms with E-state index in [-0.39, 0.29) is 30.3 Å². The molecule has 0 spiro atoms. The molecule has 2 amide bonds. The fourth-order valence-electron chi connectivity index (χ4n) is 3.13. The van der Waals surface area contributed by atoms with E-state index >= 15 is 0 Å². The van der Waals surface area contributed by atoms with E-state index < -0.39 is 0 Å². The number of benzene rings is 1. The molecule has 2 heterocycles. The molecule has 1 aromatic rings. The minimum absolute atomic E-state index is 0.0538. The summed E-state index contributed by atoms with van der Waals surface area (Å²) in [6.07, 6.45) is 0.311. The number of carbonyl (C=O) groups is 2. The predicted molar refractivity (Wildman–Crippen MR) is 81.9 cm³/mol. The molecule has 5 nitrogen and oxygen atoms in total. The number of hydrogen-bond acceptors (Lipinski definition) is 3. The van der Waals surface area contributed by atoms with Crippen LogP contribution in [0.3, 0.4) is 0 Å². The molecule has 1 N–H and O–H groups in total. The fraction of sp³-hybridized carbons (Fsp3) is 0.529. The third-order valence-electron chi connectivity index (χ3n) is 4.58. The van der Waals surface area contributed by atoms with Crippen LogP contribution in [0.5, 0.6) is 0 Å². The zero-order valence-electron chi connectivity index (χ0n) is 12.9. The van der Waals surface area contributed by atoms with Gasteiger partial charge < -0.3 is 14.9 Å². The van der Waals surface area contributed by atoms with E-state index in [1.165, 1.54) is 5.56 Å². The maximum absolute atomic E-state index is 12.3. The molecule has 5 heteroatoms. The number of amides is 2. The molecule has 1 atom stereocenters. The van der Waals surface area contributed by atoms with Crippen LogP contribution in [-0.4, -0.2) is 53.0 Å². The summed E-state index contributed by atoms with van der Waals surface area (Å²) in [5, 5.41) is 9.02. The molecule has 2 aliphatic rings. The van der Waals surface area contributed by atoms with Gasteiger partial charge >= 0.3 is 0 Å². The summed E-state index contributed by atoms with van der Waals surface area (Å²) in [7, 11) is 0. The zero-order valence-corrected chi connectivity index (χ0v) is 12.9. The molecular formula is C17H22N2O3. The maximum Gasteiger partial charge on any atom is 0.228 e. The van der Waals surface area contributed by atoms with Crippen LogP contribution in [-0.2, 0) is 16.1 Å². The third-order valence-corrected chi connectivity index (χ3v) is 4.58. The first-order chi connectivity index (χ1) is 10.6. The van der Waals surface area contributed by atoms with Crippen molar-refractivity contribution >= 4 is 11.8 Å². The van der Waals surface area contributed by atoms with Crippen LogP contribution < -0.4 is 0 Å². The lowest BCUT2D eigenvalue weighted by molar-refractivity contribution is -0.142.